The number of carbonyl (C=O) groups excluding carboxylic acids is 3. The van der Waals surface area contributed by atoms with Gasteiger partial charge in [0.15, 0.2) is 22.9 Å². The number of nitrogens with one attached hydrogen (secondary N) is 1. The Morgan fingerprint density at radius 3 is 2.30 bits per heavy atom. The van der Waals surface area contributed by atoms with Gasteiger partial charge in [-0.2, -0.15) is 0 Å². The number of hydrogen-bond donors (Lipinski definition) is 8. The smallest absolute Gasteiger partial charge is 0.255 e. The number of anilines is 2. The summed E-state index contributed by atoms with van der Waals surface area (Å²) in [6, 6.07) is 4.75. The van der Waals surface area contributed by atoms with E-state index in [9.17, 15) is 45.0 Å². The van der Waals surface area contributed by atoms with Crippen molar-refractivity contribution in [3.63, 3.8) is 0 Å². The van der Waals surface area contributed by atoms with E-state index in [2.05, 4.69) is 5.32 Å². The minimum atomic E-state index is -2.72. The Bertz CT molecular complexity index is 1640. The van der Waals surface area contributed by atoms with Crippen molar-refractivity contribution < 1.29 is 45.0 Å². The van der Waals surface area contributed by atoms with E-state index in [-0.39, 0.29) is 53.5 Å². The van der Waals surface area contributed by atoms with Gasteiger partial charge in [0.05, 0.1) is 17.3 Å². The zero-order valence-corrected chi connectivity index (χ0v) is 24.0. The van der Waals surface area contributed by atoms with Gasteiger partial charge in [-0.1, -0.05) is 6.07 Å². The predicted molar refractivity (Wildman–Crippen MR) is 156 cm³/mol. The molecule has 0 radical (unpaired) electrons. The average Bonchev–Trinajstić information content (AvgIpc) is 2.91. The number of amides is 1. The van der Waals surface area contributed by atoms with Crippen LogP contribution in [-0.2, 0) is 27.3 Å². The van der Waals surface area contributed by atoms with Crippen LogP contribution < -0.4 is 16.0 Å². The number of nitrogens with zero attached hydrogens (tertiary/aromatic N) is 2. The van der Waals surface area contributed by atoms with Crippen LogP contribution in [0.25, 0.3) is 5.76 Å². The molecule has 4 atom stereocenters. The molecule has 1 saturated carbocycles. The molecule has 5 rings (SSSR count). The van der Waals surface area contributed by atoms with Crippen LogP contribution in [0.15, 0.2) is 41.2 Å². The number of likely N-dealkylation sites (N-methyl/N-ethyl adjacent to an activating group) is 1. The lowest BCUT2D eigenvalue weighted by atomic mass is 9.57. The molecule has 0 spiro atoms. The number of aromatic hydroxyl groups is 3. The summed E-state index contributed by atoms with van der Waals surface area (Å²) in [6.07, 6.45) is 0.144. The van der Waals surface area contributed by atoms with E-state index in [1.54, 1.807) is 45.2 Å². The van der Waals surface area contributed by atoms with E-state index >= 15 is 0 Å². The van der Waals surface area contributed by atoms with E-state index in [1.807, 2.05) is 0 Å². The van der Waals surface area contributed by atoms with Crippen molar-refractivity contribution in [3.8, 4) is 17.2 Å². The van der Waals surface area contributed by atoms with E-state index in [1.165, 1.54) is 17.0 Å². The van der Waals surface area contributed by atoms with Crippen molar-refractivity contribution in [2.24, 2.45) is 17.6 Å². The molecule has 9 N–H and O–H groups in total. The first kappa shape index (κ1) is 29.7. The quantitative estimate of drug-likeness (QED) is 0.174. The largest absolute Gasteiger partial charge is 0.508 e. The molecule has 3 aliphatic carbocycles. The Kier molecular flexibility index (Phi) is 7.06. The van der Waals surface area contributed by atoms with E-state index in [0.717, 1.165) is 0 Å². The van der Waals surface area contributed by atoms with Gasteiger partial charge in [0.2, 0.25) is 5.78 Å². The molecule has 0 unspecified atom stereocenters. The van der Waals surface area contributed by atoms with Crippen LogP contribution >= 0.6 is 0 Å². The number of aliphatic hydroxyl groups is 3. The van der Waals surface area contributed by atoms with Crippen LogP contribution in [0.2, 0.25) is 0 Å². The number of carbonyl (C=O) groups is 3. The third kappa shape index (κ3) is 4.34. The maximum Gasteiger partial charge on any atom is 0.255 e. The fourth-order valence-corrected chi connectivity index (χ4v) is 6.70. The number of primary amides is 1. The SMILES string of the molecule is CN(C)c1cc(NCc2ccc(O)c(O)c2)c(O)c2c1C[C@@H]1C[C@@H]3[C@@H](N(C)C)C(=O)C(C(N)=O)=C(O)[C@]3(O)C(=O)C1=C2O. The van der Waals surface area contributed by atoms with Gasteiger partial charge in [0.1, 0.15) is 22.8 Å². The molecular formula is C30H34N4O9. The summed E-state index contributed by atoms with van der Waals surface area (Å²) in [6.45, 7) is 0.113. The van der Waals surface area contributed by atoms with Crippen LogP contribution in [0, 0.1) is 11.8 Å². The summed E-state index contributed by atoms with van der Waals surface area (Å²) >= 11 is 0. The highest BCUT2D eigenvalue weighted by Gasteiger charge is 2.64. The lowest BCUT2D eigenvalue weighted by molar-refractivity contribution is -0.153. The van der Waals surface area contributed by atoms with Gasteiger partial charge in [-0.05, 0) is 62.2 Å². The normalized spacial score (nSPS) is 24.9. The summed E-state index contributed by atoms with van der Waals surface area (Å²) in [5, 5.41) is 68.2. The number of rotatable bonds is 6. The Hall–Kier alpha value is -4.75. The van der Waals surface area contributed by atoms with E-state index in [4.69, 9.17) is 5.73 Å². The maximum atomic E-state index is 14.1. The molecule has 0 saturated heterocycles. The standard InChI is InChI=1S/C30H34N4O9/c1-33(2)17-10-16(32-11-12-5-6-18(35)19(36)7-12)24(37)21-14(17)8-13-9-15-23(34(3)4)26(39)22(29(31)42)28(41)30(15,43)27(40)20(13)25(21)38/h5-7,10,13,15,23,32,35-38,41,43H,8-9,11H2,1-4H3,(H2,31,42)/t13-,15-,23-,30-/m1/s1. The molecule has 0 bridgehead atoms. The lowest BCUT2D eigenvalue weighted by Crippen LogP contribution is -2.65. The van der Waals surface area contributed by atoms with Gasteiger partial charge in [0.25, 0.3) is 5.91 Å². The molecule has 0 heterocycles. The molecule has 43 heavy (non-hydrogen) atoms. The molecule has 13 heteroatoms. The monoisotopic (exact) mass is 594 g/mol. The number of Topliss-reactive ketones (excluding diaryl/α,β-unsaturated/α-hetero) is 2. The molecular weight excluding hydrogens is 560 g/mol. The number of fused-ring (bicyclic) bond motifs is 3. The van der Waals surface area contributed by atoms with Crippen LogP contribution in [0.4, 0.5) is 11.4 Å². The fourth-order valence-electron chi connectivity index (χ4n) is 6.70. The summed E-state index contributed by atoms with van der Waals surface area (Å²) in [7, 11) is 6.63. The first-order chi connectivity index (χ1) is 20.1. The number of phenols is 3. The highest BCUT2D eigenvalue weighted by atomic mass is 16.3. The Balaban J connectivity index is 1.65. The van der Waals surface area contributed by atoms with Crippen molar-refractivity contribution in [3.05, 3.63) is 57.9 Å². The van der Waals surface area contributed by atoms with Gasteiger partial charge in [-0.25, -0.2) is 0 Å². The third-order valence-corrected chi connectivity index (χ3v) is 8.70. The summed E-state index contributed by atoms with van der Waals surface area (Å²) in [4.78, 5) is 42.7. The first-order valence-corrected chi connectivity index (χ1v) is 13.6. The Morgan fingerprint density at radius 1 is 1.05 bits per heavy atom. The van der Waals surface area contributed by atoms with Crippen LogP contribution in [0.3, 0.4) is 0 Å². The van der Waals surface area contributed by atoms with Crippen LogP contribution in [0.1, 0.15) is 23.1 Å². The molecule has 2 aromatic carbocycles. The second-order valence-corrected chi connectivity index (χ2v) is 11.7. The highest BCUT2D eigenvalue weighted by Crippen LogP contribution is 2.54. The molecule has 13 nitrogen and oxygen atoms in total. The zero-order chi connectivity index (χ0) is 31.7. The number of benzene rings is 2. The zero-order valence-electron chi connectivity index (χ0n) is 24.0. The van der Waals surface area contributed by atoms with Gasteiger partial charge in [-0.15, -0.1) is 0 Å². The average molecular weight is 595 g/mol. The van der Waals surface area contributed by atoms with Gasteiger partial charge in [-0.3, -0.25) is 19.3 Å². The second-order valence-electron chi connectivity index (χ2n) is 11.7. The molecule has 0 aromatic heterocycles. The van der Waals surface area contributed by atoms with Gasteiger partial charge in [0, 0.05) is 37.8 Å². The number of phenolic OH excluding ortho intramolecular Hbond substituents is 3. The number of nitrogens with two attached hydrogens (primary N) is 1. The van der Waals surface area contributed by atoms with Crippen molar-refractivity contribution in [2.75, 3.05) is 38.4 Å². The maximum absolute atomic E-state index is 14.1. The number of aliphatic hydroxyl groups excluding tert-OH is 2. The molecule has 1 fully saturated rings. The molecule has 228 valence electrons. The second kappa shape index (κ2) is 10.2. The molecule has 0 aliphatic heterocycles. The van der Waals surface area contributed by atoms with Gasteiger partial charge < -0.3 is 46.6 Å². The number of ketones is 2. The third-order valence-electron chi connectivity index (χ3n) is 8.70. The lowest BCUT2D eigenvalue weighted by Gasteiger charge is -2.50. The Morgan fingerprint density at radius 2 is 1.72 bits per heavy atom. The van der Waals surface area contributed by atoms with Crippen molar-refractivity contribution in [2.45, 2.75) is 31.0 Å². The summed E-state index contributed by atoms with van der Waals surface area (Å²) in [5.41, 5.74) is 3.41. The Labute approximate surface area is 246 Å². The van der Waals surface area contributed by atoms with Crippen LogP contribution in [-0.4, -0.2) is 92.8 Å². The minimum absolute atomic E-state index is 0.0102. The fraction of sp³-hybridized carbons (Fsp3) is 0.367. The van der Waals surface area contributed by atoms with Crippen molar-refractivity contribution in [1.82, 2.24) is 4.90 Å². The predicted octanol–water partition coefficient (Wildman–Crippen LogP) is 1.05. The molecule has 3 aliphatic rings. The van der Waals surface area contributed by atoms with Crippen molar-refractivity contribution >= 4 is 34.6 Å². The van der Waals surface area contributed by atoms with Gasteiger partial charge >= 0.3 is 0 Å². The van der Waals surface area contributed by atoms with Crippen LogP contribution in [0.5, 0.6) is 17.2 Å². The topological polar surface area (TPSA) is 217 Å². The minimum Gasteiger partial charge on any atom is -0.508 e. The van der Waals surface area contributed by atoms with Crippen molar-refractivity contribution in [1.29, 1.82) is 0 Å². The molecule has 1 amide bonds. The number of hydrogen-bond acceptors (Lipinski definition) is 12. The van der Waals surface area contributed by atoms with E-state index in [0.29, 0.717) is 16.8 Å². The highest BCUT2D eigenvalue weighted by molar-refractivity contribution is 6.24. The summed E-state index contributed by atoms with van der Waals surface area (Å²) < 4.78 is 0. The van der Waals surface area contributed by atoms with E-state index < -0.39 is 58.0 Å². The molecule has 2 aromatic rings. The first-order valence-electron chi connectivity index (χ1n) is 13.6. The summed E-state index contributed by atoms with van der Waals surface area (Å²) in [5.74, 6) is -7.77.